The van der Waals surface area contributed by atoms with Crippen LogP contribution in [0.5, 0.6) is 0 Å². The summed E-state index contributed by atoms with van der Waals surface area (Å²) >= 11 is 1.98. The normalized spacial score (nSPS) is 22.7. The van der Waals surface area contributed by atoms with E-state index >= 15 is 0 Å². The van der Waals surface area contributed by atoms with Crippen molar-refractivity contribution in [1.29, 1.82) is 0 Å². The van der Waals surface area contributed by atoms with Crippen LogP contribution in [0.25, 0.3) is 0 Å². The average molecular weight is 310 g/mol. The minimum absolute atomic E-state index is 0.413. The SMILES string of the molecule is CN1CCN(C2c3ccccc3CSc3ccccc32)CC1. The van der Waals surface area contributed by atoms with Crippen molar-refractivity contribution in [3.8, 4) is 0 Å². The fraction of sp³-hybridized carbons (Fsp3) is 0.368. The van der Waals surface area contributed by atoms with Crippen molar-refractivity contribution in [3.05, 3.63) is 65.2 Å². The first-order valence-corrected chi connectivity index (χ1v) is 9.03. The van der Waals surface area contributed by atoms with Gasteiger partial charge in [0.15, 0.2) is 0 Å². The number of rotatable bonds is 1. The maximum Gasteiger partial charge on any atom is 0.0616 e. The molecule has 2 aromatic carbocycles. The molecule has 1 saturated heterocycles. The molecular formula is C19H22N2S. The first kappa shape index (κ1) is 14.3. The van der Waals surface area contributed by atoms with Gasteiger partial charge >= 0.3 is 0 Å². The lowest BCUT2D eigenvalue weighted by Crippen LogP contribution is -2.46. The predicted octanol–water partition coefficient (Wildman–Crippen LogP) is 3.63. The van der Waals surface area contributed by atoms with Gasteiger partial charge in [0.25, 0.3) is 0 Å². The van der Waals surface area contributed by atoms with Crippen molar-refractivity contribution in [2.24, 2.45) is 0 Å². The Hall–Kier alpha value is -1.29. The number of thioether (sulfide) groups is 1. The smallest absolute Gasteiger partial charge is 0.0616 e. The molecule has 1 fully saturated rings. The number of likely N-dealkylation sites (N-methyl/N-ethyl adjacent to an activating group) is 1. The Balaban J connectivity index is 1.80. The minimum atomic E-state index is 0.413. The third-order valence-electron chi connectivity index (χ3n) is 4.85. The van der Waals surface area contributed by atoms with Crippen LogP contribution in [0, 0.1) is 0 Å². The second-order valence-electron chi connectivity index (χ2n) is 6.27. The topological polar surface area (TPSA) is 6.48 Å². The van der Waals surface area contributed by atoms with E-state index in [0.717, 1.165) is 31.9 Å². The highest BCUT2D eigenvalue weighted by molar-refractivity contribution is 7.98. The fourth-order valence-electron chi connectivity index (χ4n) is 3.57. The number of piperazine rings is 1. The van der Waals surface area contributed by atoms with Gasteiger partial charge in [-0.15, -0.1) is 11.8 Å². The molecule has 114 valence electrons. The molecule has 2 heterocycles. The monoisotopic (exact) mass is 310 g/mol. The van der Waals surface area contributed by atoms with Gasteiger partial charge in [-0.05, 0) is 29.8 Å². The maximum absolute atomic E-state index is 2.67. The molecule has 4 rings (SSSR count). The molecule has 0 aromatic heterocycles. The van der Waals surface area contributed by atoms with E-state index in [1.165, 1.54) is 21.6 Å². The van der Waals surface area contributed by atoms with E-state index in [0.29, 0.717) is 6.04 Å². The molecule has 0 N–H and O–H groups in total. The fourth-order valence-corrected chi connectivity index (χ4v) is 4.66. The van der Waals surface area contributed by atoms with Gasteiger partial charge in [-0.2, -0.15) is 0 Å². The van der Waals surface area contributed by atoms with Gasteiger partial charge in [0.1, 0.15) is 0 Å². The van der Waals surface area contributed by atoms with Crippen LogP contribution in [0.3, 0.4) is 0 Å². The second-order valence-corrected chi connectivity index (χ2v) is 7.28. The number of fused-ring (bicyclic) bond motifs is 2. The van der Waals surface area contributed by atoms with Crippen molar-refractivity contribution in [2.75, 3.05) is 33.2 Å². The Morgan fingerprint density at radius 1 is 0.864 bits per heavy atom. The second kappa shape index (κ2) is 6.07. The third-order valence-corrected chi connectivity index (χ3v) is 5.99. The Bertz CT molecular complexity index is 614. The summed E-state index contributed by atoms with van der Waals surface area (Å²) in [5.74, 6) is 1.08. The van der Waals surface area contributed by atoms with Crippen LogP contribution in [0.4, 0.5) is 0 Å². The van der Waals surface area contributed by atoms with Crippen molar-refractivity contribution in [2.45, 2.75) is 16.7 Å². The lowest BCUT2D eigenvalue weighted by molar-refractivity contribution is 0.126. The highest BCUT2D eigenvalue weighted by Gasteiger charge is 2.30. The van der Waals surface area contributed by atoms with E-state index < -0.39 is 0 Å². The van der Waals surface area contributed by atoms with Crippen LogP contribution < -0.4 is 0 Å². The van der Waals surface area contributed by atoms with Gasteiger partial charge < -0.3 is 4.90 Å². The molecule has 1 unspecified atom stereocenters. The Kier molecular flexibility index (Phi) is 3.95. The van der Waals surface area contributed by atoms with Gasteiger partial charge in [-0.1, -0.05) is 42.5 Å². The largest absolute Gasteiger partial charge is 0.304 e. The van der Waals surface area contributed by atoms with Gasteiger partial charge in [0, 0.05) is 36.8 Å². The zero-order valence-electron chi connectivity index (χ0n) is 13.0. The van der Waals surface area contributed by atoms with E-state index in [-0.39, 0.29) is 0 Å². The molecular weight excluding hydrogens is 288 g/mol. The van der Waals surface area contributed by atoms with E-state index in [2.05, 4.69) is 65.4 Å². The van der Waals surface area contributed by atoms with Crippen molar-refractivity contribution < 1.29 is 0 Å². The van der Waals surface area contributed by atoms with E-state index in [1.807, 2.05) is 11.8 Å². The number of nitrogens with zero attached hydrogens (tertiary/aromatic N) is 2. The quantitative estimate of drug-likeness (QED) is 0.794. The molecule has 0 spiro atoms. The van der Waals surface area contributed by atoms with Crippen LogP contribution in [-0.4, -0.2) is 43.0 Å². The molecule has 0 amide bonds. The van der Waals surface area contributed by atoms with Crippen LogP contribution >= 0.6 is 11.8 Å². The van der Waals surface area contributed by atoms with E-state index in [9.17, 15) is 0 Å². The molecule has 0 aliphatic carbocycles. The summed E-state index contributed by atoms with van der Waals surface area (Å²) in [7, 11) is 2.22. The summed E-state index contributed by atoms with van der Waals surface area (Å²) in [6, 6.07) is 18.4. The van der Waals surface area contributed by atoms with E-state index in [4.69, 9.17) is 0 Å². The summed E-state index contributed by atoms with van der Waals surface area (Å²) in [6.45, 7) is 4.62. The lowest BCUT2D eigenvalue weighted by atomic mass is 9.93. The minimum Gasteiger partial charge on any atom is -0.304 e. The predicted molar refractivity (Wildman–Crippen MR) is 93.4 cm³/mol. The van der Waals surface area contributed by atoms with Crippen LogP contribution in [-0.2, 0) is 5.75 Å². The van der Waals surface area contributed by atoms with E-state index in [1.54, 1.807) is 0 Å². The Morgan fingerprint density at radius 3 is 2.36 bits per heavy atom. The standard InChI is InChI=1S/C19H22N2S/c1-20-10-12-21(13-11-20)19-16-7-3-2-6-15(16)14-22-18-9-5-4-8-17(18)19/h2-9,19H,10-14H2,1H3. The molecule has 2 nitrogen and oxygen atoms in total. The molecule has 0 radical (unpaired) electrons. The number of hydrogen-bond donors (Lipinski definition) is 0. The Labute approximate surface area is 137 Å². The summed E-state index contributed by atoms with van der Waals surface area (Å²) in [5.41, 5.74) is 4.49. The zero-order valence-corrected chi connectivity index (χ0v) is 13.9. The van der Waals surface area contributed by atoms with Crippen LogP contribution in [0.15, 0.2) is 53.4 Å². The van der Waals surface area contributed by atoms with Crippen molar-refractivity contribution in [3.63, 3.8) is 0 Å². The summed E-state index contributed by atoms with van der Waals surface area (Å²) in [6.07, 6.45) is 0. The first-order valence-electron chi connectivity index (χ1n) is 8.05. The van der Waals surface area contributed by atoms with Crippen molar-refractivity contribution in [1.82, 2.24) is 9.80 Å². The summed E-state index contributed by atoms with van der Waals surface area (Å²) in [5, 5.41) is 0. The molecule has 2 aliphatic heterocycles. The van der Waals surface area contributed by atoms with Gasteiger partial charge in [0.05, 0.1) is 6.04 Å². The lowest BCUT2D eigenvalue weighted by Gasteiger charge is -2.39. The summed E-state index contributed by atoms with van der Waals surface area (Å²) < 4.78 is 0. The highest BCUT2D eigenvalue weighted by Crippen LogP contribution is 2.42. The average Bonchev–Trinajstić information content (AvgIpc) is 2.73. The van der Waals surface area contributed by atoms with Crippen LogP contribution in [0.1, 0.15) is 22.7 Å². The maximum atomic E-state index is 2.67. The molecule has 2 aliphatic rings. The highest BCUT2D eigenvalue weighted by atomic mass is 32.2. The van der Waals surface area contributed by atoms with Crippen LogP contribution in [0.2, 0.25) is 0 Å². The molecule has 1 atom stereocenters. The zero-order chi connectivity index (χ0) is 14.9. The number of benzene rings is 2. The molecule has 22 heavy (non-hydrogen) atoms. The van der Waals surface area contributed by atoms with Crippen molar-refractivity contribution >= 4 is 11.8 Å². The van der Waals surface area contributed by atoms with Gasteiger partial charge in [-0.3, -0.25) is 4.90 Å². The molecule has 0 saturated carbocycles. The summed E-state index contributed by atoms with van der Waals surface area (Å²) in [4.78, 5) is 6.55. The third kappa shape index (κ3) is 2.58. The van der Waals surface area contributed by atoms with Gasteiger partial charge in [-0.25, -0.2) is 0 Å². The molecule has 3 heteroatoms. The Morgan fingerprint density at radius 2 is 1.55 bits per heavy atom. The first-order chi connectivity index (χ1) is 10.8. The van der Waals surface area contributed by atoms with Gasteiger partial charge in [0.2, 0.25) is 0 Å². The molecule has 0 bridgehead atoms. The molecule has 2 aromatic rings. The number of hydrogen-bond acceptors (Lipinski definition) is 3.